The van der Waals surface area contributed by atoms with Crippen molar-refractivity contribution in [1.82, 2.24) is 24.0 Å². The van der Waals surface area contributed by atoms with Gasteiger partial charge in [-0.1, -0.05) is 13.3 Å². The normalized spacial score (nSPS) is 15.1. The lowest BCUT2D eigenvalue weighted by Gasteiger charge is -2.32. The fraction of sp³-hybridized carbons (Fsp3) is 0.682. The maximum absolute atomic E-state index is 12.6. The van der Waals surface area contributed by atoms with Crippen molar-refractivity contribution in [3.05, 3.63) is 26.7 Å². The monoisotopic (exact) mass is 463 g/mol. The summed E-state index contributed by atoms with van der Waals surface area (Å²) in [6, 6.07) is 0. The largest absolute Gasteiger partial charge is 0.457 e. The van der Waals surface area contributed by atoms with Gasteiger partial charge in [-0.25, -0.2) is 14.6 Å². The molecule has 1 N–H and O–H groups in total. The minimum atomic E-state index is -0.568. The highest BCUT2D eigenvalue weighted by atomic mass is 16.6. The van der Waals surface area contributed by atoms with E-state index in [2.05, 4.69) is 9.97 Å². The first-order chi connectivity index (χ1) is 15.5. The third-order valence-electron chi connectivity index (χ3n) is 5.66. The van der Waals surface area contributed by atoms with Gasteiger partial charge in [-0.2, -0.15) is 0 Å². The molecule has 2 aromatic rings. The van der Waals surface area contributed by atoms with Gasteiger partial charge in [-0.15, -0.1) is 0 Å². The number of H-pyrrole nitrogens is 1. The predicted molar refractivity (Wildman–Crippen MR) is 121 cm³/mol. The van der Waals surface area contributed by atoms with E-state index in [0.29, 0.717) is 38.3 Å². The van der Waals surface area contributed by atoms with E-state index in [1.54, 1.807) is 16.5 Å². The van der Waals surface area contributed by atoms with E-state index in [-0.39, 0.29) is 35.8 Å². The van der Waals surface area contributed by atoms with Gasteiger partial charge >= 0.3 is 17.8 Å². The van der Waals surface area contributed by atoms with Crippen molar-refractivity contribution in [1.29, 1.82) is 0 Å². The van der Waals surface area contributed by atoms with Gasteiger partial charge in [0, 0.05) is 26.7 Å². The number of amides is 1. The van der Waals surface area contributed by atoms with Crippen molar-refractivity contribution >= 4 is 23.2 Å². The van der Waals surface area contributed by atoms with E-state index in [0.717, 1.165) is 12.8 Å². The van der Waals surface area contributed by atoms with Gasteiger partial charge in [0.05, 0.1) is 5.92 Å². The van der Waals surface area contributed by atoms with Crippen LogP contribution in [0.25, 0.3) is 11.2 Å². The molecule has 1 fully saturated rings. The van der Waals surface area contributed by atoms with E-state index in [1.807, 2.05) is 27.7 Å². The summed E-state index contributed by atoms with van der Waals surface area (Å²) in [5.41, 5.74) is -1.04. The molecule has 0 spiro atoms. The number of fused-ring (bicyclic) bond motifs is 1. The number of unbranched alkanes of at least 4 members (excludes halogenated alkanes) is 1. The molecule has 1 saturated heterocycles. The van der Waals surface area contributed by atoms with E-state index >= 15 is 0 Å². The zero-order chi connectivity index (χ0) is 24.3. The summed E-state index contributed by atoms with van der Waals surface area (Å²) in [5, 5.41) is 0. The quantitative estimate of drug-likeness (QED) is 0.648. The molecule has 0 bridgehead atoms. The molecule has 0 radical (unpaired) electrons. The second kappa shape index (κ2) is 9.80. The number of carbonyl (C=O) groups excluding carboxylic acids is 2. The van der Waals surface area contributed by atoms with Gasteiger partial charge < -0.3 is 18.9 Å². The maximum atomic E-state index is 12.6. The van der Waals surface area contributed by atoms with Crippen LogP contribution in [0.4, 0.5) is 4.79 Å². The first-order valence-corrected chi connectivity index (χ1v) is 11.3. The number of aryl methyl sites for hydroxylation is 2. The summed E-state index contributed by atoms with van der Waals surface area (Å²) < 4.78 is 13.9. The fourth-order valence-electron chi connectivity index (χ4n) is 3.82. The summed E-state index contributed by atoms with van der Waals surface area (Å²) in [4.78, 5) is 57.7. The highest BCUT2D eigenvalue weighted by molar-refractivity contribution is 5.74. The Kier molecular flexibility index (Phi) is 7.28. The SMILES string of the molecule is CCCCn1c(=O)[nH]c(=O)c2c1nc(COC(=O)C1CCN(C(=O)OC(C)(C)C)CC1)n2C. The number of nitrogens with one attached hydrogen (secondary N) is 1. The first kappa shape index (κ1) is 24.5. The van der Waals surface area contributed by atoms with Crippen molar-refractivity contribution in [3.8, 4) is 0 Å². The van der Waals surface area contributed by atoms with Crippen molar-refractivity contribution < 1.29 is 19.1 Å². The molecule has 0 aliphatic carbocycles. The summed E-state index contributed by atoms with van der Waals surface area (Å²) in [5.74, 6) is -0.321. The molecule has 11 heteroatoms. The lowest BCUT2D eigenvalue weighted by molar-refractivity contribution is -0.151. The minimum Gasteiger partial charge on any atom is -0.457 e. The van der Waals surface area contributed by atoms with E-state index in [9.17, 15) is 19.2 Å². The predicted octanol–water partition coefficient (Wildman–Crippen LogP) is 1.91. The van der Waals surface area contributed by atoms with Crippen LogP contribution in [-0.4, -0.2) is 54.8 Å². The number of piperidine rings is 1. The Hall–Kier alpha value is -3.11. The van der Waals surface area contributed by atoms with Gasteiger partial charge in [0.15, 0.2) is 11.2 Å². The summed E-state index contributed by atoms with van der Waals surface area (Å²) >= 11 is 0. The van der Waals surface area contributed by atoms with Crippen LogP contribution in [0.2, 0.25) is 0 Å². The summed E-state index contributed by atoms with van der Waals surface area (Å²) in [7, 11) is 1.65. The van der Waals surface area contributed by atoms with Gasteiger partial charge in [0.2, 0.25) is 0 Å². The molecule has 0 unspecified atom stereocenters. The minimum absolute atomic E-state index is 0.113. The van der Waals surface area contributed by atoms with E-state index in [4.69, 9.17) is 9.47 Å². The number of aromatic nitrogens is 4. The van der Waals surface area contributed by atoms with Crippen LogP contribution in [0.1, 0.15) is 59.2 Å². The zero-order valence-electron chi connectivity index (χ0n) is 20.0. The number of hydrogen-bond donors (Lipinski definition) is 1. The number of ether oxygens (including phenoxy) is 2. The Morgan fingerprint density at radius 3 is 2.45 bits per heavy atom. The summed E-state index contributed by atoms with van der Waals surface area (Å²) in [6.45, 7) is 8.61. The van der Waals surface area contributed by atoms with Gasteiger partial charge in [0.1, 0.15) is 18.0 Å². The Morgan fingerprint density at radius 2 is 1.85 bits per heavy atom. The number of aromatic amines is 1. The summed E-state index contributed by atoms with van der Waals surface area (Å²) in [6.07, 6.45) is 2.24. The van der Waals surface area contributed by atoms with Crippen molar-refractivity contribution in [3.63, 3.8) is 0 Å². The van der Waals surface area contributed by atoms with E-state index < -0.39 is 16.9 Å². The lowest BCUT2D eigenvalue weighted by atomic mass is 9.97. The number of esters is 1. The number of likely N-dealkylation sites (tertiary alicyclic amines) is 1. The number of imidazole rings is 1. The topological polar surface area (TPSA) is 129 Å². The molecule has 2 aromatic heterocycles. The lowest BCUT2D eigenvalue weighted by Crippen LogP contribution is -2.43. The zero-order valence-corrected chi connectivity index (χ0v) is 20.0. The number of nitrogens with zero attached hydrogens (tertiary/aromatic N) is 4. The maximum Gasteiger partial charge on any atom is 0.410 e. The molecule has 33 heavy (non-hydrogen) atoms. The molecule has 1 amide bonds. The Morgan fingerprint density at radius 1 is 1.18 bits per heavy atom. The second-order valence-electron chi connectivity index (χ2n) is 9.37. The fourth-order valence-corrected chi connectivity index (χ4v) is 3.82. The highest BCUT2D eigenvalue weighted by Gasteiger charge is 2.31. The molecule has 3 rings (SSSR count). The average Bonchev–Trinajstić information content (AvgIpc) is 3.07. The molecule has 1 aliphatic heterocycles. The van der Waals surface area contributed by atoms with Crippen molar-refractivity contribution in [2.75, 3.05) is 13.1 Å². The van der Waals surface area contributed by atoms with Crippen LogP contribution in [0, 0.1) is 5.92 Å². The van der Waals surface area contributed by atoms with E-state index in [1.165, 1.54) is 4.57 Å². The van der Waals surface area contributed by atoms with Crippen LogP contribution in [-0.2, 0) is 34.5 Å². The van der Waals surface area contributed by atoms with Crippen LogP contribution in [0.5, 0.6) is 0 Å². The molecule has 1 aliphatic rings. The van der Waals surface area contributed by atoms with Crippen molar-refractivity contribution in [2.24, 2.45) is 13.0 Å². The molecule has 0 atom stereocenters. The first-order valence-electron chi connectivity index (χ1n) is 11.3. The number of rotatable bonds is 6. The molecule has 11 nitrogen and oxygen atoms in total. The third kappa shape index (κ3) is 5.63. The standard InChI is InChI=1S/C22H33N5O6/c1-6-7-10-27-17-16(18(28)24-20(27)30)25(5)15(23-17)13-32-19(29)14-8-11-26(12-9-14)21(31)33-22(2,3)4/h14H,6-13H2,1-5H3,(H,24,28,30). The van der Waals surface area contributed by atoms with Crippen LogP contribution in [0.15, 0.2) is 9.59 Å². The average molecular weight is 464 g/mol. The van der Waals surface area contributed by atoms with Crippen LogP contribution < -0.4 is 11.2 Å². The molecule has 3 heterocycles. The third-order valence-corrected chi connectivity index (χ3v) is 5.66. The second-order valence-corrected chi connectivity index (χ2v) is 9.37. The van der Waals surface area contributed by atoms with Gasteiger partial charge in [-0.3, -0.25) is 19.1 Å². The van der Waals surface area contributed by atoms with Gasteiger partial charge in [0.25, 0.3) is 5.56 Å². The highest BCUT2D eigenvalue weighted by Crippen LogP contribution is 2.21. The number of hydrogen-bond acceptors (Lipinski definition) is 7. The molecule has 182 valence electrons. The molecule has 0 aromatic carbocycles. The molecular weight excluding hydrogens is 430 g/mol. The number of carbonyl (C=O) groups is 2. The molecule has 0 saturated carbocycles. The molecular formula is C22H33N5O6. The van der Waals surface area contributed by atoms with Gasteiger partial charge in [-0.05, 0) is 40.0 Å². The smallest absolute Gasteiger partial charge is 0.410 e. The Bertz CT molecular complexity index is 1130. The van der Waals surface area contributed by atoms with Crippen molar-refractivity contribution in [2.45, 2.75) is 72.1 Å². The Balaban J connectivity index is 1.65. The Labute approximate surface area is 191 Å². The van der Waals surface area contributed by atoms with Crippen LogP contribution >= 0.6 is 0 Å². The van der Waals surface area contributed by atoms with Crippen LogP contribution in [0.3, 0.4) is 0 Å².